The molecule has 0 aromatic heterocycles. The molecule has 1 saturated carbocycles. The van der Waals surface area contributed by atoms with Crippen molar-refractivity contribution in [2.24, 2.45) is 5.92 Å². The normalized spacial score (nSPS) is 46.9. The largest absolute Gasteiger partial charge is 0.391 e. The van der Waals surface area contributed by atoms with Crippen molar-refractivity contribution >= 4 is 0 Å². The Labute approximate surface area is 98.8 Å². The van der Waals surface area contributed by atoms with E-state index in [1.165, 1.54) is 6.42 Å². The Balaban J connectivity index is 1.99. The molecule has 5 unspecified atom stereocenters. The molecule has 2 fully saturated rings. The minimum Gasteiger partial charge on any atom is -0.391 e. The molecule has 2 aliphatic rings. The monoisotopic (exact) mass is 227 g/mol. The maximum absolute atomic E-state index is 10.1. The highest BCUT2D eigenvalue weighted by Crippen LogP contribution is 2.29. The quantitative estimate of drug-likeness (QED) is 0.739. The molecule has 0 aromatic carbocycles. The maximum Gasteiger partial charge on any atom is 0.0695 e. The Morgan fingerprint density at radius 3 is 2.31 bits per heavy atom. The van der Waals surface area contributed by atoms with E-state index in [4.69, 9.17) is 4.74 Å². The van der Waals surface area contributed by atoms with Crippen LogP contribution in [0.4, 0.5) is 0 Å². The maximum atomic E-state index is 10.1. The van der Waals surface area contributed by atoms with Crippen LogP contribution in [0.2, 0.25) is 0 Å². The first-order valence-electron chi connectivity index (χ1n) is 6.64. The van der Waals surface area contributed by atoms with Crippen LogP contribution in [-0.4, -0.2) is 47.4 Å². The van der Waals surface area contributed by atoms with E-state index in [0.717, 1.165) is 31.8 Å². The fourth-order valence-electron chi connectivity index (χ4n) is 3.22. The van der Waals surface area contributed by atoms with Crippen molar-refractivity contribution in [2.75, 3.05) is 13.1 Å². The Kier molecular flexibility index (Phi) is 3.88. The summed E-state index contributed by atoms with van der Waals surface area (Å²) in [6.45, 7) is 8.49. The molecule has 0 aromatic rings. The van der Waals surface area contributed by atoms with Crippen LogP contribution in [0.15, 0.2) is 0 Å². The molecular weight excluding hydrogens is 202 g/mol. The van der Waals surface area contributed by atoms with Crippen LogP contribution in [0.1, 0.15) is 40.0 Å². The van der Waals surface area contributed by atoms with Crippen LogP contribution < -0.4 is 0 Å². The van der Waals surface area contributed by atoms with E-state index in [1.54, 1.807) is 0 Å². The summed E-state index contributed by atoms with van der Waals surface area (Å²) in [5, 5.41) is 10.1. The Morgan fingerprint density at radius 1 is 1.06 bits per heavy atom. The van der Waals surface area contributed by atoms with Gasteiger partial charge in [0.2, 0.25) is 0 Å². The summed E-state index contributed by atoms with van der Waals surface area (Å²) in [5.74, 6) is 0.752. The second-order valence-corrected chi connectivity index (χ2v) is 5.76. The molecule has 3 nitrogen and oxygen atoms in total. The zero-order valence-corrected chi connectivity index (χ0v) is 10.7. The first kappa shape index (κ1) is 12.3. The zero-order chi connectivity index (χ0) is 11.7. The van der Waals surface area contributed by atoms with Crippen LogP contribution >= 0.6 is 0 Å². The molecule has 1 saturated heterocycles. The minimum absolute atomic E-state index is 0.131. The molecule has 2 rings (SSSR count). The molecule has 0 amide bonds. The first-order chi connectivity index (χ1) is 7.56. The van der Waals surface area contributed by atoms with Gasteiger partial charge in [-0.15, -0.1) is 0 Å². The van der Waals surface area contributed by atoms with Gasteiger partial charge in [0.1, 0.15) is 0 Å². The molecule has 1 aliphatic heterocycles. The third kappa shape index (κ3) is 2.76. The summed E-state index contributed by atoms with van der Waals surface area (Å²) in [7, 11) is 0. The molecule has 0 spiro atoms. The van der Waals surface area contributed by atoms with E-state index in [9.17, 15) is 5.11 Å². The Hall–Kier alpha value is -0.120. The van der Waals surface area contributed by atoms with Crippen molar-refractivity contribution in [2.45, 2.75) is 64.4 Å². The average molecular weight is 227 g/mol. The van der Waals surface area contributed by atoms with E-state index in [-0.39, 0.29) is 6.10 Å². The summed E-state index contributed by atoms with van der Waals surface area (Å²) in [6, 6.07) is 0.359. The molecule has 0 radical (unpaired) electrons. The van der Waals surface area contributed by atoms with E-state index in [0.29, 0.717) is 18.2 Å². The van der Waals surface area contributed by atoms with Gasteiger partial charge in [-0.2, -0.15) is 0 Å². The predicted molar refractivity (Wildman–Crippen MR) is 64.4 cm³/mol. The third-order valence-corrected chi connectivity index (χ3v) is 3.96. The van der Waals surface area contributed by atoms with Crippen molar-refractivity contribution in [1.82, 2.24) is 4.90 Å². The highest BCUT2D eigenvalue weighted by Gasteiger charge is 2.35. The van der Waals surface area contributed by atoms with Gasteiger partial charge in [-0.25, -0.2) is 0 Å². The molecule has 5 atom stereocenters. The summed E-state index contributed by atoms with van der Waals surface area (Å²) in [5.41, 5.74) is 0. The fourth-order valence-corrected chi connectivity index (χ4v) is 3.22. The van der Waals surface area contributed by atoms with Gasteiger partial charge in [-0.1, -0.05) is 6.92 Å². The molecule has 94 valence electrons. The van der Waals surface area contributed by atoms with Crippen LogP contribution in [0.25, 0.3) is 0 Å². The lowest BCUT2D eigenvalue weighted by Crippen LogP contribution is -2.55. The van der Waals surface area contributed by atoms with Crippen molar-refractivity contribution < 1.29 is 9.84 Å². The minimum atomic E-state index is -0.131. The van der Waals surface area contributed by atoms with Gasteiger partial charge in [0.05, 0.1) is 18.3 Å². The highest BCUT2D eigenvalue weighted by atomic mass is 16.5. The number of aliphatic hydroxyl groups excluding tert-OH is 1. The van der Waals surface area contributed by atoms with Crippen molar-refractivity contribution in [3.8, 4) is 0 Å². The lowest BCUT2D eigenvalue weighted by molar-refractivity contribution is -0.105. The molecule has 1 heterocycles. The molecular formula is C13H25NO2. The number of hydrogen-bond acceptors (Lipinski definition) is 3. The van der Waals surface area contributed by atoms with Gasteiger partial charge in [-0.3, -0.25) is 4.90 Å². The second-order valence-electron chi connectivity index (χ2n) is 5.76. The molecule has 1 aliphatic carbocycles. The molecule has 16 heavy (non-hydrogen) atoms. The van der Waals surface area contributed by atoms with E-state index >= 15 is 0 Å². The number of nitrogens with zero attached hydrogens (tertiary/aromatic N) is 1. The Bertz CT molecular complexity index is 224. The second kappa shape index (κ2) is 5.03. The molecule has 0 bridgehead atoms. The SMILES string of the molecule is CC1CCC(O)C(N2CC(C)OC(C)C2)C1. The number of rotatable bonds is 1. The summed E-state index contributed by atoms with van der Waals surface area (Å²) in [4.78, 5) is 2.44. The van der Waals surface area contributed by atoms with Crippen molar-refractivity contribution in [3.63, 3.8) is 0 Å². The van der Waals surface area contributed by atoms with Crippen LogP contribution in [0, 0.1) is 5.92 Å². The highest BCUT2D eigenvalue weighted by molar-refractivity contribution is 4.88. The molecule has 1 N–H and O–H groups in total. The number of aliphatic hydroxyl groups is 1. The van der Waals surface area contributed by atoms with Crippen LogP contribution in [0.5, 0.6) is 0 Å². The summed E-state index contributed by atoms with van der Waals surface area (Å²) < 4.78 is 5.75. The smallest absolute Gasteiger partial charge is 0.0695 e. The first-order valence-corrected chi connectivity index (χ1v) is 6.64. The lowest BCUT2D eigenvalue weighted by atomic mass is 9.83. The van der Waals surface area contributed by atoms with Gasteiger partial charge >= 0.3 is 0 Å². The zero-order valence-electron chi connectivity index (χ0n) is 10.7. The standard InChI is InChI=1S/C13H25NO2/c1-9-4-5-13(15)12(6-9)14-7-10(2)16-11(3)8-14/h9-13,15H,4-8H2,1-3H3. The fraction of sp³-hybridized carbons (Fsp3) is 1.00. The van der Waals surface area contributed by atoms with Gasteiger partial charge in [0.25, 0.3) is 0 Å². The average Bonchev–Trinajstić information content (AvgIpc) is 2.20. The number of morpholine rings is 1. The summed E-state index contributed by atoms with van der Waals surface area (Å²) in [6.07, 6.45) is 3.75. The van der Waals surface area contributed by atoms with Crippen molar-refractivity contribution in [3.05, 3.63) is 0 Å². The van der Waals surface area contributed by atoms with Gasteiger partial charge in [-0.05, 0) is 39.0 Å². The van der Waals surface area contributed by atoms with Crippen molar-refractivity contribution in [1.29, 1.82) is 0 Å². The van der Waals surface area contributed by atoms with Gasteiger partial charge in [0.15, 0.2) is 0 Å². The van der Waals surface area contributed by atoms with E-state index in [2.05, 4.69) is 25.7 Å². The van der Waals surface area contributed by atoms with E-state index in [1.807, 2.05) is 0 Å². The van der Waals surface area contributed by atoms with Gasteiger partial charge in [0, 0.05) is 19.1 Å². The third-order valence-electron chi connectivity index (χ3n) is 3.96. The Morgan fingerprint density at radius 2 is 1.69 bits per heavy atom. The lowest BCUT2D eigenvalue weighted by Gasteiger charge is -2.44. The van der Waals surface area contributed by atoms with Crippen LogP contribution in [0.3, 0.4) is 0 Å². The van der Waals surface area contributed by atoms with E-state index < -0.39 is 0 Å². The molecule has 3 heteroatoms. The predicted octanol–water partition coefficient (Wildman–Crippen LogP) is 1.65. The van der Waals surface area contributed by atoms with Gasteiger partial charge < -0.3 is 9.84 Å². The number of hydrogen-bond donors (Lipinski definition) is 1. The number of ether oxygens (including phenoxy) is 1. The van der Waals surface area contributed by atoms with Crippen LogP contribution in [-0.2, 0) is 4.74 Å². The topological polar surface area (TPSA) is 32.7 Å². The summed E-state index contributed by atoms with van der Waals surface area (Å²) >= 11 is 0.